The molecule has 0 spiro atoms. The Kier molecular flexibility index (Phi) is 4.05. The Morgan fingerprint density at radius 3 is 1.41 bits per heavy atom. The Labute approximate surface area is 131 Å². The maximum absolute atomic E-state index is 4.29. The Hall–Kier alpha value is -2.81. The second kappa shape index (κ2) is 6.31. The SMILES string of the molecule is Cc1ccc(Nc2cncc(Nc3ccc(C)cc3)c2)cc1. The minimum absolute atomic E-state index is 0.959. The lowest BCUT2D eigenvalue weighted by atomic mass is 10.2. The van der Waals surface area contributed by atoms with E-state index in [4.69, 9.17) is 0 Å². The minimum atomic E-state index is 0.959. The van der Waals surface area contributed by atoms with E-state index in [1.807, 2.05) is 18.5 Å². The number of hydrogen-bond donors (Lipinski definition) is 2. The summed E-state index contributed by atoms with van der Waals surface area (Å²) < 4.78 is 0. The molecule has 3 nitrogen and oxygen atoms in total. The number of nitrogens with one attached hydrogen (secondary N) is 2. The quantitative estimate of drug-likeness (QED) is 0.694. The molecular weight excluding hydrogens is 270 g/mol. The van der Waals surface area contributed by atoms with Gasteiger partial charge in [0, 0.05) is 11.4 Å². The van der Waals surface area contributed by atoms with Gasteiger partial charge in [-0.1, -0.05) is 35.4 Å². The first-order valence-corrected chi connectivity index (χ1v) is 7.31. The number of hydrogen-bond acceptors (Lipinski definition) is 3. The van der Waals surface area contributed by atoms with E-state index in [-0.39, 0.29) is 0 Å². The van der Waals surface area contributed by atoms with E-state index >= 15 is 0 Å². The Bertz CT molecular complexity index is 684. The van der Waals surface area contributed by atoms with Gasteiger partial charge in [0.15, 0.2) is 0 Å². The highest BCUT2D eigenvalue weighted by Crippen LogP contribution is 2.22. The van der Waals surface area contributed by atoms with Crippen molar-refractivity contribution < 1.29 is 0 Å². The molecule has 0 saturated heterocycles. The van der Waals surface area contributed by atoms with E-state index < -0.39 is 0 Å². The summed E-state index contributed by atoms with van der Waals surface area (Å²) in [4.78, 5) is 4.29. The summed E-state index contributed by atoms with van der Waals surface area (Å²) in [6.45, 7) is 4.16. The smallest absolute Gasteiger partial charge is 0.0591 e. The van der Waals surface area contributed by atoms with Crippen molar-refractivity contribution in [3.05, 3.63) is 78.1 Å². The van der Waals surface area contributed by atoms with E-state index in [0.717, 1.165) is 22.7 Å². The average Bonchev–Trinajstić information content (AvgIpc) is 2.52. The van der Waals surface area contributed by atoms with Gasteiger partial charge in [-0.2, -0.15) is 0 Å². The zero-order chi connectivity index (χ0) is 15.4. The molecule has 0 radical (unpaired) electrons. The second-order valence-electron chi connectivity index (χ2n) is 5.44. The summed E-state index contributed by atoms with van der Waals surface area (Å²) in [5, 5.41) is 6.73. The predicted octanol–water partition coefficient (Wildman–Crippen LogP) is 5.19. The van der Waals surface area contributed by atoms with E-state index in [2.05, 4.69) is 78.0 Å². The lowest BCUT2D eigenvalue weighted by molar-refractivity contribution is 1.31. The fourth-order valence-electron chi connectivity index (χ4n) is 2.18. The third-order valence-electron chi connectivity index (χ3n) is 3.42. The Morgan fingerprint density at radius 2 is 1.00 bits per heavy atom. The molecule has 0 fully saturated rings. The molecule has 1 heterocycles. The first-order chi connectivity index (χ1) is 10.7. The molecule has 2 aromatic carbocycles. The van der Waals surface area contributed by atoms with Gasteiger partial charge in [0.05, 0.1) is 23.8 Å². The summed E-state index contributed by atoms with van der Waals surface area (Å²) in [5.41, 5.74) is 6.53. The van der Waals surface area contributed by atoms with Crippen molar-refractivity contribution in [2.24, 2.45) is 0 Å². The van der Waals surface area contributed by atoms with Crippen LogP contribution in [-0.4, -0.2) is 4.98 Å². The summed E-state index contributed by atoms with van der Waals surface area (Å²) in [5.74, 6) is 0. The second-order valence-corrected chi connectivity index (χ2v) is 5.44. The van der Waals surface area contributed by atoms with Crippen molar-refractivity contribution in [3.63, 3.8) is 0 Å². The molecule has 2 N–H and O–H groups in total. The highest BCUT2D eigenvalue weighted by Gasteiger charge is 1.99. The number of aryl methyl sites for hydroxylation is 2. The van der Waals surface area contributed by atoms with Crippen molar-refractivity contribution in [2.75, 3.05) is 10.6 Å². The van der Waals surface area contributed by atoms with Crippen LogP contribution in [0.5, 0.6) is 0 Å². The van der Waals surface area contributed by atoms with Gasteiger partial charge in [0.2, 0.25) is 0 Å². The molecule has 0 saturated carbocycles. The lowest BCUT2D eigenvalue weighted by Crippen LogP contribution is -1.95. The van der Waals surface area contributed by atoms with Crippen LogP contribution in [-0.2, 0) is 0 Å². The highest BCUT2D eigenvalue weighted by molar-refractivity contribution is 5.67. The predicted molar refractivity (Wildman–Crippen MR) is 93.2 cm³/mol. The molecule has 0 unspecified atom stereocenters. The van der Waals surface area contributed by atoms with Gasteiger partial charge in [0.25, 0.3) is 0 Å². The third kappa shape index (κ3) is 3.64. The van der Waals surface area contributed by atoms with Crippen molar-refractivity contribution in [2.45, 2.75) is 13.8 Å². The maximum atomic E-state index is 4.29. The molecule has 3 heteroatoms. The molecule has 0 amide bonds. The Morgan fingerprint density at radius 1 is 0.591 bits per heavy atom. The lowest BCUT2D eigenvalue weighted by Gasteiger charge is -2.10. The van der Waals surface area contributed by atoms with Crippen LogP contribution in [0.2, 0.25) is 0 Å². The number of rotatable bonds is 4. The van der Waals surface area contributed by atoms with Gasteiger partial charge >= 0.3 is 0 Å². The number of aromatic nitrogens is 1. The normalized spacial score (nSPS) is 10.3. The molecule has 1 aromatic heterocycles. The molecule has 0 bridgehead atoms. The van der Waals surface area contributed by atoms with Gasteiger partial charge in [-0.25, -0.2) is 0 Å². The fourth-order valence-corrected chi connectivity index (χ4v) is 2.18. The summed E-state index contributed by atoms with van der Waals surface area (Å²) in [6.07, 6.45) is 3.64. The van der Waals surface area contributed by atoms with Crippen LogP contribution in [0.15, 0.2) is 67.0 Å². The molecule has 0 aliphatic carbocycles. The zero-order valence-corrected chi connectivity index (χ0v) is 12.8. The number of anilines is 4. The van der Waals surface area contributed by atoms with Crippen LogP contribution in [0.25, 0.3) is 0 Å². The van der Waals surface area contributed by atoms with E-state index in [0.29, 0.717) is 0 Å². The van der Waals surface area contributed by atoms with Crippen molar-refractivity contribution in [1.82, 2.24) is 4.98 Å². The van der Waals surface area contributed by atoms with Crippen LogP contribution in [0.3, 0.4) is 0 Å². The summed E-state index contributed by atoms with van der Waals surface area (Å²) >= 11 is 0. The third-order valence-corrected chi connectivity index (χ3v) is 3.42. The minimum Gasteiger partial charge on any atom is -0.354 e. The van der Waals surface area contributed by atoms with Crippen LogP contribution in [0.1, 0.15) is 11.1 Å². The average molecular weight is 289 g/mol. The van der Waals surface area contributed by atoms with E-state index in [1.165, 1.54) is 11.1 Å². The maximum Gasteiger partial charge on any atom is 0.0591 e. The van der Waals surface area contributed by atoms with Crippen molar-refractivity contribution in [3.8, 4) is 0 Å². The van der Waals surface area contributed by atoms with Crippen LogP contribution in [0, 0.1) is 13.8 Å². The molecule has 0 atom stereocenters. The summed E-state index contributed by atoms with van der Waals surface area (Å²) in [6, 6.07) is 18.7. The van der Waals surface area contributed by atoms with Crippen LogP contribution < -0.4 is 10.6 Å². The summed E-state index contributed by atoms with van der Waals surface area (Å²) in [7, 11) is 0. The first kappa shape index (κ1) is 14.1. The van der Waals surface area contributed by atoms with Crippen LogP contribution in [0.4, 0.5) is 22.7 Å². The van der Waals surface area contributed by atoms with Crippen LogP contribution >= 0.6 is 0 Å². The van der Waals surface area contributed by atoms with Gasteiger partial charge in [-0.15, -0.1) is 0 Å². The molecule has 0 aliphatic rings. The molecular formula is C19H19N3. The number of nitrogens with zero attached hydrogens (tertiary/aromatic N) is 1. The monoisotopic (exact) mass is 289 g/mol. The number of benzene rings is 2. The highest BCUT2D eigenvalue weighted by atomic mass is 14.9. The molecule has 3 rings (SSSR count). The van der Waals surface area contributed by atoms with Gasteiger partial charge < -0.3 is 10.6 Å². The van der Waals surface area contributed by atoms with Gasteiger partial charge in [0.1, 0.15) is 0 Å². The molecule has 110 valence electrons. The topological polar surface area (TPSA) is 37.0 Å². The first-order valence-electron chi connectivity index (χ1n) is 7.31. The van der Waals surface area contributed by atoms with Crippen molar-refractivity contribution >= 4 is 22.7 Å². The zero-order valence-electron chi connectivity index (χ0n) is 12.8. The molecule has 22 heavy (non-hydrogen) atoms. The van der Waals surface area contributed by atoms with Gasteiger partial charge in [-0.05, 0) is 44.2 Å². The van der Waals surface area contributed by atoms with E-state index in [1.54, 1.807) is 0 Å². The number of pyridine rings is 1. The molecule has 3 aromatic rings. The van der Waals surface area contributed by atoms with Crippen molar-refractivity contribution in [1.29, 1.82) is 0 Å². The fraction of sp³-hybridized carbons (Fsp3) is 0.105. The Balaban J connectivity index is 1.74. The standard InChI is InChI=1S/C19H19N3/c1-14-3-7-16(8-4-14)21-18-11-19(13-20-12-18)22-17-9-5-15(2)6-10-17/h3-13,21-22H,1-2H3. The van der Waals surface area contributed by atoms with E-state index in [9.17, 15) is 0 Å². The largest absolute Gasteiger partial charge is 0.354 e. The van der Waals surface area contributed by atoms with Gasteiger partial charge in [-0.3, -0.25) is 4.98 Å². The molecule has 0 aliphatic heterocycles.